The Balaban J connectivity index is 1.85. The lowest BCUT2D eigenvalue weighted by Gasteiger charge is -1.95. The summed E-state index contributed by atoms with van der Waals surface area (Å²) in [5, 5.41) is 0. The van der Waals surface area contributed by atoms with Crippen LogP contribution in [0.3, 0.4) is 0 Å². The predicted octanol–water partition coefficient (Wildman–Crippen LogP) is 1.82. The van der Waals surface area contributed by atoms with Gasteiger partial charge < -0.3 is 0 Å². The molecule has 1 aromatic rings. The van der Waals surface area contributed by atoms with E-state index in [1.54, 1.807) is 12.4 Å². The molecular weight excluding hydrogens is 136 g/mol. The van der Waals surface area contributed by atoms with Crippen molar-refractivity contribution in [1.82, 2.24) is 9.97 Å². The van der Waals surface area contributed by atoms with Gasteiger partial charge in [0.05, 0.1) is 5.69 Å². The molecule has 0 N–H and O–H groups in total. The first-order chi connectivity index (χ1) is 5.45. The van der Waals surface area contributed by atoms with E-state index in [9.17, 15) is 0 Å². The van der Waals surface area contributed by atoms with E-state index in [-0.39, 0.29) is 0 Å². The van der Waals surface area contributed by atoms with Crippen LogP contribution in [0.15, 0.2) is 18.6 Å². The maximum Gasteiger partial charge on any atom is 0.0586 e. The molecule has 0 atom stereocenters. The van der Waals surface area contributed by atoms with E-state index >= 15 is 0 Å². The van der Waals surface area contributed by atoms with E-state index in [4.69, 9.17) is 0 Å². The van der Waals surface area contributed by atoms with Gasteiger partial charge in [-0.3, -0.25) is 9.97 Å². The molecule has 0 aliphatic heterocycles. The number of nitrogens with zero attached hydrogens (tertiary/aromatic N) is 2. The van der Waals surface area contributed by atoms with Gasteiger partial charge in [0, 0.05) is 18.6 Å². The highest BCUT2D eigenvalue weighted by atomic mass is 14.8. The largest absolute Gasteiger partial charge is 0.261 e. The molecule has 1 aliphatic rings. The van der Waals surface area contributed by atoms with Gasteiger partial charge in [-0.1, -0.05) is 12.8 Å². The molecule has 2 heteroatoms. The van der Waals surface area contributed by atoms with Crippen molar-refractivity contribution in [2.24, 2.45) is 5.92 Å². The van der Waals surface area contributed by atoms with E-state index < -0.39 is 0 Å². The second-order valence-electron chi connectivity index (χ2n) is 3.18. The fourth-order valence-corrected chi connectivity index (χ4v) is 1.22. The fourth-order valence-electron chi connectivity index (χ4n) is 1.22. The summed E-state index contributed by atoms with van der Waals surface area (Å²) in [4.78, 5) is 8.24. The summed E-state index contributed by atoms with van der Waals surface area (Å²) in [6.07, 6.45) is 10.6. The monoisotopic (exact) mass is 148 g/mol. The third-order valence-electron chi connectivity index (χ3n) is 2.12. The fraction of sp³-hybridized carbons (Fsp3) is 0.556. The van der Waals surface area contributed by atoms with E-state index in [2.05, 4.69) is 9.97 Å². The molecule has 0 radical (unpaired) electrons. The van der Waals surface area contributed by atoms with Gasteiger partial charge in [-0.2, -0.15) is 0 Å². The molecule has 1 fully saturated rings. The Morgan fingerprint density at radius 1 is 1.36 bits per heavy atom. The van der Waals surface area contributed by atoms with Crippen molar-refractivity contribution in [2.75, 3.05) is 0 Å². The van der Waals surface area contributed by atoms with Crippen molar-refractivity contribution in [3.8, 4) is 0 Å². The molecule has 0 saturated heterocycles. The summed E-state index contributed by atoms with van der Waals surface area (Å²) in [6.45, 7) is 0. The van der Waals surface area contributed by atoms with Crippen LogP contribution in [-0.2, 0) is 6.42 Å². The van der Waals surface area contributed by atoms with Gasteiger partial charge in [-0.25, -0.2) is 0 Å². The van der Waals surface area contributed by atoms with Crippen molar-refractivity contribution in [3.05, 3.63) is 24.3 Å². The van der Waals surface area contributed by atoms with Crippen LogP contribution in [0.1, 0.15) is 25.0 Å². The first-order valence-corrected chi connectivity index (χ1v) is 4.20. The minimum absolute atomic E-state index is 0.997. The summed E-state index contributed by atoms with van der Waals surface area (Å²) in [7, 11) is 0. The van der Waals surface area contributed by atoms with Crippen molar-refractivity contribution < 1.29 is 0 Å². The summed E-state index contributed by atoms with van der Waals surface area (Å²) in [6, 6.07) is 0. The molecule has 1 aliphatic carbocycles. The molecule has 1 heterocycles. The van der Waals surface area contributed by atoms with E-state index in [0.717, 1.165) is 18.0 Å². The normalized spacial score (nSPS) is 16.7. The third kappa shape index (κ3) is 2.00. The van der Waals surface area contributed by atoms with Crippen LogP contribution in [0, 0.1) is 5.92 Å². The van der Waals surface area contributed by atoms with Crippen LogP contribution >= 0.6 is 0 Å². The summed E-state index contributed by atoms with van der Waals surface area (Å²) < 4.78 is 0. The SMILES string of the molecule is c1cnc(CCC2CC2)cn1. The van der Waals surface area contributed by atoms with Gasteiger partial charge in [0.1, 0.15) is 0 Å². The van der Waals surface area contributed by atoms with Crippen LogP contribution in [0.2, 0.25) is 0 Å². The minimum Gasteiger partial charge on any atom is -0.261 e. The Kier molecular flexibility index (Phi) is 1.84. The Labute approximate surface area is 66.7 Å². The van der Waals surface area contributed by atoms with Gasteiger partial charge in [0.15, 0.2) is 0 Å². The van der Waals surface area contributed by atoms with Crippen LogP contribution in [0.25, 0.3) is 0 Å². The highest BCUT2D eigenvalue weighted by molar-refractivity contribution is 4.95. The average Bonchev–Trinajstić information content (AvgIpc) is 2.86. The van der Waals surface area contributed by atoms with E-state index in [1.807, 2.05) is 6.20 Å². The van der Waals surface area contributed by atoms with Crippen molar-refractivity contribution >= 4 is 0 Å². The summed E-state index contributed by atoms with van der Waals surface area (Å²) in [5.41, 5.74) is 1.14. The second kappa shape index (κ2) is 2.99. The zero-order valence-corrected chi connectivity index (χ0v) is 6.53. The highest BCUT2D eigenvalue weighted by Crippen LogP contribution is 2.33. The van der Waals surface area contributed by atoms with Gasteiger partial charge in [0.25, 0.3) is 0 Å². The molecule has 2 rings (SSSR count). The number of hydrogen-bond acceptors (Lipinski definition) is 2. The molecule has 0 unspecified atom stereocenters. The molecule has 1 aromatic heterocycles. The molecule has 2 nitrogen and oxygen atoms in total. The number of hydrogen-bond donors (Lipinski definition) is 0. The van der Waals surface area contributed by atoms with Gasteiger partial charge in [-0.05, 0) is 18.8 Å². The molecule has 58 valence electrons. The molecule has 11 heavy (non-hydrogen) atoms. The lowest BCUT2D eigenvalue weighted by atomic mass is 10.2. The lowest BCUT2D eigenvalue weighted by molar-refractivity contribution is 0.711. The first kappa shape index (κ1) is 6.77. The topological polar surface area (TPSA) is 25.8 Å². The molecular formula is C9H12N2. The lowest BCUT2D eigenvalue weighted by Crippen LogP contribution is -1.90. The van der Waals surface area contributed by atoms with Crippen molar-refractivity contribution in [1.29, 1.82) is 0 Å². The maximum atomic E-state index is 4.22. The Morgan fingerprint density at radius 2 is 2.27 bits per heavy atom. The summed E-state index contributed by atoms with van der Waals surface area (Å²) >= 11 is 0. The van der Waals surface area contributed by atoms with E-state index in [1.165, 1.54) is 19.3 Å². The smallest absolute Gasteiger partial charge is 0.0586 e. The van der Waals surface area contributed by atoms with Crippen LogP contribution in [0.5, 0.6) is 0 Å². The second-order valence-corrected chi connectivity index (χ2v) is 3.18. The van der Waals surface area contributed by atoms with E-state index in [0.29, 0.717) is 0 Å². The average molecular weight is 148 g/mol. The molecule has 0 aromatic carbocycles. The third-order valence-corrected chi connectivity index (χ3v) is 2.12. The Bertz CT molecular complexity index is 216. The standard InChI is InChI=1S/C9H12N2/c1-2-8(1)3-4-9-7-10-5-6-11-9/h5-8H,1-4H2. The van der Waals surface area contributed by atoms with Gasteiger partial charge >= 0.3 is 0 Å². The Morgan fingerprint density at radius 3 is 2.91 bits per heavy atom. The van der Waals surface area contributed by atoms with Gasteiger partial charge in [-0.15, -0.1) is 0 Å². The molecule has 0 spiro atoms. The number of aromatic nitrogens is 2. The highest BCUT2D eigenvalue weighted by Gasteiger charge is 2.20. The maximum absolute atomic E-state index is 4.22. The zero-order chi connectivity index (χ0) is 7.52. The minimum atomic E-state index is 0.997. The van der Waals surface area contributed by atoms with Gasteiger partial charge in [0.2, 0.25) is 0 Å². The summed E-state index contributed by atoms with van der Waals surface area (Å²) in [5.74, 6) is 0.997. The zero-order valence-electron chi connectivity index (χ0n) is 6.53. The molecule has 0 amide bonds. The van der Waals surface area contributed by atoms with Crippen LogP contribution in [-0.4, -0.2) is 9.97 Å². The predicted molar refractivity (Wildman–Crippen MR) is 43.1 cm³/mol. The van der Waals surface area contributed by atoms with Crippen LogP contribution < -0.4 is 0 Å². The number of aryl methyl sites for hydroxylation is 1. The Hall–Kier alpha value is -0.920. The quantitative estimate of drug-likeness (QED) is 0.653. The van der Waals surface area contributed by atoms with Crippen molar-refractivity contribution in [2.45, 2.75) is 25.7 Å². The molecule has 0 bridgehead atoms. The number of rotatable bonds is 3. The van der Waals surface area contributed by atoms with Crippen LogP contribution in [0.4, 0.5) is 0 Å². The molecule has 1 saturated carbocycles. The first-order valence-electron chi connectivity index (χ1n) is 4.20. The van der Waals surface area contributed by atoms with Crippen molar-refractivity contribution in [3.63, 3.8) is 0 Å².